The number of halogens is 1. The quantitative estimate of drug-likeness (QED) is 0.489. The van der Waals surface area contributed by atoms with Crippen molar-refractivity contribution in [3.05, 3.63) is 70.0 Å². The number of morpholine rings is 1. The molecule has 4 aromatic rings. The first-order valence-electron chi connectivity index (χ1n) is 10.1. The molecule has 1 aliphatic rings. The highest BCUT2D eigenvalue weighted by molar-refractivity contribution is 6.31. The predicted molar refractivity (Wildman–Crippen MR) is 120 cm³/mol. The van der Waals surface area contributed by atoms with Crippen molar-refractivity contribution in [3.8, 4) is 11.1 Å². The average molecular weight is 437 g/mol. The number of fused-ring (bicyclic) bond motifs is 1. The molecule has 1 aliphatic heterocycles. The van der Waals surface area contributed by atoms with Gasteiger partial charge in [-0.05, 0) is 29.8 Å². The molecule has 31 heavy (non-hydrogen) atoms. The van der Waals surface area contributed by atoms with E-state index in [4.69, 9.17) is 16.3 Å². The number of ether oxygens (including phenoxy) is 1. The van der Waals surface area contributed by atoms with Crippen LogP contribution >= 0.6 is 11.6 Å². The lowest BCUT2D eigenvalue weighted by molar-refractivity contribution is 0.122. The standard InChI is InChI=1S/C22H21ClN6O2/c1-27-21(30)17-5-4-15(11-20(17)29(27)14-19-18(23)3-2-6-24-19)16-12-25-22(26-13-16)28-7-9-31-10-8-28/h2-6,11-13H,7-10,14H2,1H3. The van der Waals surface area contributed by atoms with Crippen LogP contribution in [0.4, 0.5) is 5.95 Å². The van der Waals surface area contributed by atoms with Crippen molar-refractivity contribution in [3.63, 3.8) is 0 Å². The largest absolute Gasteiger partial charge is 0.378 e. The van der Waals surface area contributed by atoms with E-state index in [1.165, 1.54) is 0 Å². The van der Waals surface area contributed by atoms with Gasteiger partial charge in [0, 0.05) is 44.3 Å². The van der Waals surface area contributed by atoms with Gasteiger partial charge < -0.3 is 9.64 Å². The molecule has 0 unspecified atom stereocenters. The van der Waals surface area contributed by atoms with Gasteiger partial charge in [0.25, 0.3) is 5.56 Å². The van der Waals surface area contributed by atoms with Crippen molar-refractivity contribution in [2.24, 2.45) is 7.05 Å². The van der Waals surface area contributed by atoms with Gasteiger partial charge in [0.2, 0.25) is 5.95 Å². The van der Waals surface area contributed by atoms with Crippen LogP contribution in [0.1, 0.15) is 5.69 Å². The van der Waals surface area contributed by atoms with Crippen LogP contribution in [0.5, 0.6) is 0 Å². The van der Waals surface area contributed by atoms with Gasteiger partial charge in [-0.3, -0.25) is 19.1 Å². The first kappa shape index (κ1) is 19.7. The maximum atomic E-state index is 12.7. The fourth-order valence-electron chi connectivity index (χ4n) is 3.82. The third-order valence-corrected chi connectivity index (χ3v) is 5.91. The molecule has 5 rings (SSSR count). The summed E-state index contributed by atoms with van der Waals surface area (Å²) < 4.78 is 8.87. The third kappa shape index (κ3) is 3.68. The highest BCUT2D eigenvalue weighted by Gasteiger charge is 2.16. The molecular formula is C22H21ClN6O2. The fourth-order valence-corrected chi connectivity index (χ4v) is 4.00. The molecule has 0 aliphatic carbocycles. The fraction of sp³-hybridized carbons (Fsp3) is 0.273. The molecule has 3 aromatic heterocycles. The van der Waals surface area contributed by atoms with Crippen LogP contribution in [-0.4, -0.2) is 50.6 Å². The van der Waals surface area contributed by atoms with Crippen molar-refractivity contribution in [2.45, 2.75) is 6.54 Å². The second-order valence-corrected chi connectivity index (χ2v) is 7.83. The lowest BCUT2D eigenvalue weighted by Gasteiger charge is -2.26. The lowest BCUT2D eigenvalue weighted by atomic mass is 10.1. The minimum atomic E-state index is -0.0625. The molecular weight excluding hydrogens is 416 g/mol. The first-order chi connectivity index (χ1) is 15.1. The van der Waals surface area contributed by atoms with Crippen LogP contribution in [0.3, 0.4) is 0 Å². The van der Waals surface area contributed by atoms with Gasteiger partial charge in [0.05, 0.1) is 41.4 Å². The van der Waals surface area contributed by atoms with Crippen LogP contribution in [0, 0.1) is 0 Å². The predicted octanol–water partition coefficient (Wildman–Crippen LogP) is 2.73. The smallest absolute Gasteiger partial charge is 0.274 e. The summed E-state index contributed by atoms with van der Waals surface area (Å²) in [6.45, 7) is 3.35. The zero-order valence-corrected chi connectivity index (χ0v) is 17.8. The Balaban J connectivity index is 1.52. The Kier molecular flexibility index (Phi) is 5.17. The van der Waals surface area contributed by atoms with Crippen molar-refractivity contribution in [1.82, 2.24) is 24.3 Å². The van der Waals surface area contributed by atoms with Gasteiger partial charge in [-0.1, -0.05) is 17.7 Å². The van der Waals surface area contributed by atoms with Crippen LogP contribution in [0.15, 0.2) is 53.7 Å². The minimum Gasteiger partial charge on any atom is -0.378 e. The molecule has 8 nitrogen and oxygen atoms in total. The van der Waals surface area contributed by atoms with Crippen LogP contribution in [-0.2, 0) is 18.3 Å². The number of rotatable bonds is 4. The molecule has 1 aromatic carbocycles. The van der Waals surface area contributed by atoms with Gasteiger partial charge in [-0.15, -0.1) is 0 Å². The van der Waals surface area contributed by atoms with Crippen LogP contribution in [0.25, 0.3) is 22.0 Å². The summed E-state index contributed by atoms with van der Waals surface area (Å²) in [7, 11) is 1.75. The Hall–Kier alpha value is -3.23. The van der Waals surface area contributed by atoms with E-state index in [0.717, 1.165) is 29.7 Å². The molecule has 1 saturated heterocycles. The van der Waals surface area contributed by atoms with Crippen LogP contribution < -0.4 is 10.5 Å². The Morgan fingerprint density at radius 2 is 1.84 bits per heavy atom. The van der Waals surface area contributed by atoms with Crippen LogP contribution in [0.2, 0.25) is 5.02 Å². The first-order valence-corrected chi connectivity index (χ1v) is 10.4. The number of pyridine rings is 1. The molecule has 4 heterocycles. The number of aromatic nitrogens is 5. The Morgan fingerprint density at radius 3 is 2.58 bits per heavy atom. The zero-order chi connectivity index (χ0) is 21.4. The Labute approximate surface area is 183 Å². The molecule has 0 bridgehead atoms. The monoisotopic (exact) mass is 436 g/mol. The minimum absolute atomic E-state index is 0.0625. The third-order valence-electron chi connectivity index (χ3n) is 5.56. The summed E-state index contributed by atoms with van der Waals surface area (Å²) in [5.74, 6) is 0.703. The van der Waals surface area contributed by atoms with Crippen molar-refractivity contribution in [1.29, 1.82) is 0 Å². The maximum absolute atomic E-state index is 12.7. The van der Waals surface area contributed by atoms with E-state index in [1.54, 1.807) is 30.1 Å². The average Bonchev–Trinajstić information content (AvgIpc) is 3.05. The molecule has 158 valence electrons. The van der Waals surface area contributed by atoms with E-state index in [2.05, 4.69) is 19.9 Å². The second kappa shape index (κ2) is 8.13. The summed E-state index contributed by atoms with van der Waals surface area (Å²) in [5.41, 5.74) is 3.28. The second-order valence-electron chi connectivity index (χ2n) is 7.42. The Bertz CT molecular complexity index is 1290. The highest BCUT2D eigenvalue weighted by atomic mass is 35.5. The lowest BCUT2D eigenvalue weighted by Crippen LogP contribution is -2.37. The van der Waals surface area contributed by atoms with Crippen molar-refractivity contribution < 1.29 is 4.74 Å². The molecule has 0 amide bonds. The molecule has 0 radical (unpaired) electrons. The summed E-state index contributed by atoms with van der Waals surface area (Å²) >= 11 is 6.30. The topological polar surface area (TPSA) is 78.1 Å². The SMILES string of the molecule is Cn1c(=O)c2ccc(-c3cnc(N4CCOCC4)nc3)cc2n1Cc1ncccc1Cl. The van der Waals surface area contributed by atoms with E-state index in [0.29, 0.717) is 41.8 Å². The van der Waals surface area contributed by atoms with E-state index in [1.807, 2.05) is 35.3 Å². The van der Waals surface area contributed by atoms with Gasteiger partial charge in [-0.2, -0.15) is 0 Å². The summed E-state index contributed by atoms with van der Waals surface area (Å²) in [6.07, 6.45) is 5.34. The number of hydrogen-bond acceptors (Lipinski definition) is 6. The summed E-state index contributed by atoms with van der Waals surface area (Å²) in [6, 6.07) is 9.35. The number of nitrogens with zero attached hydrogens (tertiary/aromatic N) is 6. The normalized spacial score (nSPS) is 14.3. The zero-order valence-electron chi connectivity index (χ0n) is 17.0. The maximum Gasteiger partial charge on any atom is 0.274 e. The van der Waals surface area contributed by atoms with Crippen molar-refractivity contribution in [2.75, 3.05) is 31.2 Å². The summed E-state index contributed by atoms with van der Waals surface area (Å²) in [5, 5.41) is 1.21. The van der Waals surface area contributed by atoms with Gasteiger partial charge in [-0.25, -0.2) is 9.97 Å². The molecule has 0 N–H and O–H groups in total. The molecule has 0 spiro atoms. The van der Waals surface area contributed by atoms with E-state index >= 15 is 0 Å². The van der Waals surface area contributed by atoms with E-state index < -0.39 is 0 Å². The number of hydrogen-bond donors (Lipinski definition) is 0. The molecule has 9 heteroatoms. The van der Waals surface area contributed by atoms with Gasteiger partial charge in [0.15, 0.2) is 0 Å². The van der Waals surface area contributed by atoms with Gasteiger partial charge in [0.1, 0.15) is 0 Å². The van der Waals surface area contributed by atoms with Gasteiger partial charge >= 0.3 is 0 Å². The molecule has 1 fully saturated rings. The summed E-state index contributed by atoms with van der Waals surface area (Å²) in [4.78, 5) is 28.3. The number of anilines is 1. The number of benzene rings is 1. The van der Waals surface area contributed by atoms with E-state index in [9.17, 15) is 4.79 Å². The van der Waals surface area contributed by atoms with E-state index in [-0.39, 0.29) is 5.56 Å². The highest BCUT2D eigenvalue weighted by Crippen LogP contribution is 2.25. The van der Waals surface area contributed by atoms with Crippen molar-refractivity contribution >= 4 is 28.5 Å². The molecule has 0 saturated carbocycles. The molecule has 0 atom stereocenters. The Morgan fingerprint density at radius 1 is 1.06 bits per heavy atom.